The van der Waals surface area contributed by atoms with Gasteiger partial charge in [-0.2, -0.15) is 0 Å². The van der Waals surface area contributed by atoms with E-state index in [2.05, 4.69) is 14.9 Å². The predicted octanol–water partition coefficient (Wildman–Crippen LogP) is 2.49. The Labute approximate surface area is 105 Å². The number of aryl methyl sites for hydroxylation is 1. The molecule has 2 heterocycles. The zero-order valence-electron chi connectivity index (χ0n) is 10.2. The Morgan fingerprint density at radius 1 is 1.17 bits per heavy atom. The minimum atomic E-state index is -0.153. The topological polar surface area (TPSA) is 29.0 Å². The van der Waals surface area contributed by atoms with Crippen LogP contribution in [-0.2, 0) is 13.0 Å². The molecule has 1 aliphatic rings. The summed E-state index contributed by atoms with van der Waals surface area (Å²) >= 11 is 0. The molecule has 4 heteroatoms. The van der Waals surface area contributed by atoms with Crippen LogP contribution in [0.4, 0.5) is 10.2 Å². The van der Waals surface area contributed by atoms with Crippen LogP contribution in [0.2, 0.25) is 0 Å². The highest BCUT2D eigenvalue weighted by Crippen LogP contribution is 2.23. The van der Waals surface area contributed by atoms with E-state index in [9.17, 15) is 4.39 Å². The number of hydrogen-bond donors (Lipinski definition) is 0. The molecule has 0 radical (unpaired) electrons. The summed E-state index contributed by atoms with van der Waals surface area (Å²) in [6, 6.07) is 7.00. The van der Waals surface area contributed by atoms with Crippen molar-refractivity contribution in [2.45, 2.75) is 19.9 Å². The van der Waals surface area contributed by atoms with Crippen molar-refractivity contribution in [3.05, 3.63) is 53.2 Å². The lowest BCUT2D eigenvalue weighted by atomic mass is 10.00. The van der Waals surface area contributed by atoms with E-state index < -0.39 is 0 Å². The average Bonchev–Trinajstić information content (AvgIpc) is 2.38. The van der Waals surface area contributed by atoms with E-state index in [1.165, 1.54) is 11.6 Å². The Morgan fingerprint density at radius 2 is 2.06 bits per heavy atom. The first-order chi connectivity index (χ1) is 8.72. The molecule has 0 amide bonds. The second-order valence-corrected chi connectivity index (χ2v) is 4.60. The summed E-state index contributed by atoms with van der Waals surface area (Å²) in [6.07, 6.45) is 2.45. The molecule has 0 atom stereocenters. The molecule has 2 aromatic rings. The van der Waals surface area contributed by atoms with Gasteiger partial charge in [0.15, 0.2) is 0 Å². The molecule has 0 fully saturated rings. The number of hydrogen-bond acceptors (Lipinski definition) is 3. The Kier molecular flexibility index (Phi) is 2.70. The summed E-state index contributed by atoms with van der Waals surface area (Å²) in [4.78, 5) is 10.6. The minimum absolute atomic E-state index is 0.153. The lowest BCUT2D eigenvalue weighted by Crippen LogP contribution is -2.31. The van der Waals surface area contributed by atoms with Crippen molar-refractivity contribution in [3.8, 4) is 0 Å². The summed E-state index contributed by atoms with van der Waals surface area (Å²) in [5.74, 6) is 0.789. The van der Waals surface area contributed by atoms with E-state index in [-0.39, 0.29) is 5.82 Å². The van der Waals surface area contributed by atoms with Crippen molar-refractivity contribution in [2.75, 3.05) is 11.4 Å². The van der Waals surface area contributed by atoms with E-state index in [0.29, 0.717) is 0 Å². The van der Waals surface area contributed by atoms with E-state index in [1.54, 1.807) is 12.4 Å². The van der Waals surface area contributed by atoms with Gasteiger partial charge in [0.25, 0.3) is 0 Å². The normalized spacial score (nSPS) is 14.4. The molecule has 0 N–H and O–H groups in total. The Bertz CT molecular complexity index is 583. The van der Waals surface area contributed by atoms with Gasteiger partial charge in [0.05, 0.1) is 0 Å². The van der Waals surface area contributed by atoms with Gasteiger partial charge in [0, 0.05) is 24.8 Å². The second-order valence-electron chi connectivity index (χ2n) is 4.60. The quantitative estimate of drug-likeness (QED) is 0.770. The molecular formula is C14H14FN3. The molecule has 0 spiro atoms. The van der Waals surface area contributed by atoms with Gasteiger partial charge in [-0.3, -0.25) is 0 Å². The van der Waals surface area contributed by atoms with E-state index >= 15 is 0 Å². The Balaban J connectivity index is 1.89. The highest BCUT2D eigenvalue weighted by atomic mass is 19.1. The van der Waals surface area contributed by atoms with Crippen molar-refractivity contribution in [1.29, 1.82) is 0 Å². The Morgan fingerprint density at radius 3 is 2.89 bits per heavy atom. The number of rotatable bonds is 1. The third-order valence-corrected chi connectivity index (χ3v) is 3.29. The van der Waals surface area contributed by atoms with Crippen molar-refractivity contribution >= 4 is 5.82 Å². The fourth-order valence-corrected chi connectivity index (χ4v) is 2.33. The number of anilines is 1. The van der Waals surface area contributed by atoms with Gasteiger partial charge in [-0.05, 0) is 36.6 Å². The molecule has 92 valence electrons. The smallest absolute Gasteiger partial charge is 0.132 e. The predicted molar refractivity (Wildman–Crippen MR) is 67.9 cm³/mol. The molecule has 0 aliphatic carbocycles. The lowest BCUT2D eigenvalue weighted by Gasteiger charge is -2.29. The maximum absolute atomic E-state index is 13.1. The monoisotopic (exact) mass is 243 g/mol. The number of nitrogens with zero attached hydrogens (tertiary/aromatic N) is 3. The van der Waals surface area contributed by atoms with Crippen LogP contribution in [0, 0.1) is 12.7 Å². The SMILES string of the molecule is Cc1cc(N2CCc3cc(F)ccc3C2)ncn1. The number of benzene rings is 1. The van der Waals surface area contributed by atoms with Gasteiger partial charge >= 0.3 is 0 Å². The molecule has 0 unspecified atom stereocenters. The highest BCUT2D eigenvalue weighted by molar-refractivity contribution is 5.44. The van der Waals surface area contributed by atoms with Crippen molar-refractivity contribution < 1.29 is 4.39 Å². The van der Waals surface area contributed by atoms with Crippen molar-refractivity contribution in [1.82, 2.24) is 9.97 Å². The standard InChI is InChI=1S/C14H14FN3/c1-10-6-14(17-9-16-10)18-5-4-11-7-13(15)3-2-12(11)8-18/h2-3,6-7,9H,4-5,8H2,1H3. The van der Waals surface area contributed by atoms with Crippen LogP contribution < -0.4 is 4.90 Å². The van der Waals surface area contributed by atoms with Gasteiger partial charge in [0.2, 0.25) is 0 Å². The number of fused-ring (bicyclic) bond motifs is 1. The molecule has 3 rings (SSSR count). The minimum Gasteiger partial charge on any atom is -0.352 e. The molecule has 3 nitrogen and oxygen atoms in total. The highest BCUT2D eigenvalue weighted by Gasteiger charge is 2.17. The molecule has 1 aromatic heterocycles. The summed E-state index contributed by atoms with van der Waals surface area (Å²) in [5, 5.41) is 0. The van der Waals surface area contributed by atoms with E-state index in [0.717, 1.165) is 36.6 Å². The fraction of sp³-hybridized carbons (Fsp3) is 0.286. The van der Waals surface area contributed by atoms with Gasteiger partial charge in [-0.15, -0.1) is 0 Å². The van der Waals surface area contributed by atoms with E-state index in [4.69, 9.17) is 0 Å². The molecule has 0 bridgehead atoms. The lowest BCUT2D eigenvalue weighted by molar-refractivity contribution is 0.618. The third kappa shape index (κ3) is 2.06. The largest absolute Gasteiger partial charge is 0.352 e. The van der Waals surface area contributed by atoms with Gasteiger partial charge in [0.1, 0.15) is 18.0 Å². The summed E-state index contributed by atoms with van der Waals surface area (Å²) in [5.41, 5.74) is 3.25. The third-order valence-electron chi connectivity index (χ3n) is 3.29. The molecule has 0 saturated heterocycles. The molecular weight excluding hydrogens is 229 g/mol. The van der Waals surface area contributed by atoms with Crippen LogP contribution in [0.25, 0.3) is 0 Å². The fourth-order valence-electron chi connectivity index (χ4n) is 2.33. The van der Waals surface area contributed by atoms with Crippen LogP contribution in [0.5, 0.6) is 0 Å². The van der Waals surface area contributed by atoms with Crippen LogP contribution in [0.1, 0.15) is 16.8 Å². The first kappa shape index (κ1) is 11.1. The van der Waals surface area contributed by atoms with Gasteiger partial charge in [-0.1, -0.05) is 6.07 Å². The second kappa shape index (κ2) is 4.37. The number of halogens is 1. The maximum atomic E-state index is 13.1. The Hall–Kier alpha value is -1.97. The first-order valence-electron chi connectivity index (χ1n) is 6.03. The van der Waals surface area contributed by atoms with Crippen LogP contribution in [-0.4, -0.2) is 16.5 Å². The molecule has 1 aliphatic heterocycles. The molecule has 18 heavy (non-hydrogen) atoms. The maximum Gasteiger partial charge on any atom is 0.132 e. The number of aromatic nitrogens is 2. The average molecular weight is 243 g/mol. The van der Waals surface area contributed by atoms with Gasteiger partial charge in [-0.25, -0.2) is 14.4 Å². The zero-order chi connectivity index (χ0) is 12.5. The van der Waals surface area contributed by atoms with Gasteiger partial charge < -0.3 is 4.90 Å². The summed E-state index contributed by atoms with van der Waals surface area (Å²) in [7, 11) is 0. The van der Waals surface area contributed by atoms with Crippen molar-refractivity contribution in [3.63, 3.8) is 0 Å². The summed E-state index contributed by atoms with van der Waals surface area (Å²) < 4.78 is 13.1. The molecule has 0 saturated carbocycles. The van der Waals surface area contributed by atoms with Crippen LogP contribution in [0.15, 0.2) is 30.6 Å². The molecule has 1 aromatic carbocycles. The van der Waals surface area contributed by atoms with Crippen LogP contribution >= 0.6 is 0 Å². The summed E-state index contributed by atoms with van der Waals surface area (Å²) in [6.45, 7) is 3.61. The first-order valence-corrected chi connectivity index (χ1v) is 6.03. The van der Waals surface area contributed by atoms with Crippen molar-refractivity contribution in [2.24, 2.45) is 0 Å². The zero-order valence-corrected chi connectivity index (χ0v) is 10.2. The van der Waals surface area contributed by atoms with Crippen LogP contribution in [0.3, 0.4) is 0 Å². The van der Waals surface area contributed by atoms with E-state index in [1.807, 2.05) is 19.1 Å².